The topological polar surface area (TPSA) is 117 Å². The van der Waals surface area contributed by atoms with Crippen LogP contribution in [-0.2, 0) is 20.9 Å². The van der Waals surface area contributed by atoms with Crippen LogP contribution in [0.3, 0.4) is 0 Å². The molecule has 0 unspecified atom stereocenters. The summed E-state index contributed by atoms with van der Waals surface area (Å²) in [4.78, 5) is 45.5. The van der Waals surface area contributed by atoms with E-state index in [1.807, 2.05) is 38.3 Å². The van der Waals surface area contributed by atoms with E-state index >= 15 is 0 Å². The largest absolute Gasteiger partial charge is 0.440 e. The summed E-state index contributed by atoms with van der Waals surface area (Å²) in [5, 5.41) is 10.4. The van der Waals surface area contributed by atoms with Crippen molar-refractivity contribution in [3.8, 4) is 10.8 Å². The number of oxazole rings is 1. The number of aryl methyl sites for hydroxylation is 1. The molecule has 0 bridgehead atoms. The zero-order valence-electron chi connectivity index (χ0n) is 20.3. The fraction of sp³-hybridized carbons (Fsp3) is 0.583. The minimum atomic E-state index is -0.712. The first-order valence-corrected chi connectivity index (χ1v) is 12.7. The van der Waals surface area contributed by atoms with Gasteiger partial charge in [-0.1, -0.05) is 19.9 Å². The molecule has 1 aliphatic heterocycles. The molecule has 3 N–H and O–H groups in total. The third-order valence-electron chi connectivity index (χ3n) is 5.84. The Balaban J connectivity index is 1.69. The smallest absolute Gasteiger partial charge is 0.242 e. The maximum atomic E-state index is 12.7. The molecule has 3 rings (SSSR count). The lowest BCUT2D eigenvalue weighted by Gasteiger charge is -2.24. The van der Waals surface area contributed by atoms with E-state index in [-0.39, 0.29) is 23.6 Å². The molecule has 0 aromatic carbocycles. The zero-order valence-corrected chi connectivity index (χ0v) is 21.2. The summed E-state index contributed by atoms with van der Waals surface area (Å²) >= 11 is 1.58. The summed E-state index contributed by atoms with van der Waals surface area (Å²) in [5.41, 5.74) is 0.873. The van der Waals surface area contributed by atoms with Gasteiger partial charge in [0.25, 0.3) is 0 Å². The number of aromatic nitrogens is 1. The van der Waals surface area contributed by atoms with Crippen molar-refractivity contribution in [1.82, 2.24) is 25.8 Å². The molecule has 9 nitrogen and oxygen atoms in total. The predicted molar refractivity (Wildman–Crippen MR) is 131 cm³/mol. The third kappa shape index (κ3) is 7.14. The first-order valence-electron chi connectivity index (χ1n) is 11.8. The van der Waals surface area contributed by atoms with Crippen LogP contribution >= 0.6 is 11.3 Å². The number of hydrogen-bond donors (Lipinski definition) is 3. The highest BCUT2D eigenvalue weighted by molar-refractivity contribution is 7.13. The van der Waals surface area contributed by atoms with Crippen LogP contribution < -0.4 is 16.0 Å². The molecule has 0 radical (unpaired) electrons. The summed E-state index contributed by atoms with van der Waals surface area (Å²) in [6.45, 7) is 9.84. The van der Waals surface area contributed by atoms with Crippen molar-refractivity contribution in [2.24, 2.45) is 5.92 Å². The molecule has 2 aromatic heterocycles. The molecule has 0 aliphatic carbocycles. The number of hydrogen-bond acceptors (Lipinski definition) is 7. The van der Waals surface area contributed by atoms with E-state index < -0.39 is 12.1 Å². The van der Waals surface area contributed by atoms with Gasteiger partial charge in [0, 0.05) is 26.1 Å². The van der Waals surface area contributed by atoms with Crippen molar-refractivity contribution in [3.05, 3.63) is 29.0 Å². The van der Waals surface area contributed by atoms with Gasteiger partial charge in [0.15, 0.2) is 0 Å². The second-order valence-electron chi connectivity index (χ2n) is 9.04. The molecule has 3 amide bonds. The molecule has 2 atom stereocenters. The number of carbonyl (C=O) groups is 3. The summed E-state index contributed by atoms with van der Waals surface area (Å²) in [7, 11) is 0. The van der Waals surface area contributed by atoms with E-state index in [0.29, 0.717) is 38.4 Å². The van der Waals surface area contributed by atoms with Gasteiger partial charge in [-0.2, -0.15) is 0 Å². The SMILES string of the molecule is Cc1oc(-c2cccs2)nc1CN1CCCNC(=O)[C@@H](C(C)C)NC(=O)[C@@H](C)NC(=O)CCC1. The van der Waals surface area contributed by atoms with Gasteiger partial charge in [-0.3, -0.25) is 19.3 Å². The van der Waals surface area contributed by atoms with Crippen molar-refractivity contribution in [2.75, 3.05) is 19.6 Å². The molecule has 3 heterocycles. The van der Waals surface area contributed by atoms with Crippen LogP contribution in [0, 0.1) is 12.8 Å². The molecular weight excluding hydrogens is 454 g/mol. The third-order valence-corrected chi connectivity index (χ3v) is 6.70. The van der Waals surface area contributed by atoms with Gasteiger partial charge in [0.2, 0.25) is 23.6 Å². The van der Waals surface area contributed by atoms with Gasteiger partial charge < -0.3 is 20.4 Å². The molecule has 2 aromatic rings. The highest BCUT2D eigenvalue weighted by atomic mass is 32.1. The molecule has 10 heteroatoms. The highest BCUT2D eigenvalue weighted by Gasteiger charge is 2.27. The number of thiophene rings is 1. The number of rotatable bonds is 4. The Bertz CT molecular complexity index is 972. The van der Waals surface area contributed by atoms with Gasteiger partial charge in [-0.05, 0) is 50.6 Å². The number of amides is 3. The number of carbonyl (C=O) groups excluding carboxylic acids is 3. The van der Waals surface area contributed by atoms with Crippen molar-refractivity contribution in [1.29, 1.82) is 0 Å². The summed E-state index contributed by atoms with van der Waals surface area (Å²) in [6.07, 6.45) is 1.70. The maximum absolute atomic E-state index is 12.7. The van der Waals surface area contributed by atoms with E-state index in [9.17, 15) is 14.4 Å². The minimum absolute atomic E-state index is 0.0771. The summed E-state index contributed by atoms with van der Waals surface area (Å²) < 4.78 is 5.88. The molecule has 0 saturated carbocycles. The second kappa shape index (κ2) is 12.1. The van der Waals surface area contributed by atoms with Crippen molar-refractivity contribution < 1.29 is 18.8 Å². The van der Waals surface area contributed by atoms with E-state index in [2.05, 4.69) is 20.9 Å². The fourth-order valence-electron chi connectivity index (χ4n) is 3.84. The first kappa shape index (κ1) is 25.9. The Hall–Kier alpha value is -2.72. The fourth-order valence-corrected chi connectivity index (χ4v) is 4.49. The zero-order chi connectivity index (χ0) is 24.7. The lowest BCUT2D eigenvalue weighted by atomic mass is 10.0. The maximum Gasteiger partial charge on any atom is 0.242 e. The van der Waals surface area contributed by atoms with Gasteiger partial charge in [-0.25, -0.2) is 4.98 Å². The normalized spacial score (nSPS) is 22.0. The Labute approximate surface area is 204 Å². The van der Waals surface area contributed by atoms with Crippen molar-refractivity contribution >= 4 is 29.1 Å². The standard InChI is InChI=1S/C24H35N5O4S/c1-15(2)21-23(32)25-10-7-12-29(11-5-9-20(30)26-16(3)22(31)28-21)14-18-17(4)33-24(27-18)19-8-6-13-34-19/h6,8,13,15-16,21H,5,7,9-12,14H2,1-4H3,(H,25,32)(H,26,30)(H,28,31)/t16-,21-/m1/s1. The van der Waals surface area contributed by atoms with Crippen LogP contribution in [0.15, 0.2) is 21.9 Å². The Morgan fingerprint density at radius 1 is 1.18 bits per heavy atom. The second-order valence-corrected chi connectivity index (χ2v) is 9.99. The Kier molecular flexibility index (Phi) is 9.23. The van der Waals surface area contributed by atoms with Gasteiger partial charge in [0.05, 0.1) is 10.6 Å². The Morgan fingerprint density at radius 3 is 2.65 bits per heavy atom. The lowest BCUT2D eigenvalue weighted by molar-refractivity contribution is -0.132. The molecule has 1 saturated heterocycles. The highest BCUT2D eigenvalue weighted by Crippen LogP contribution is 2.26. The lowest BCUT2D eigenvalue weighted by Crippen LogP contribution is -2.54. The average Bonchev–Trinajstić information content (AvgIpc) is 3.43. The van der Waals surface area contributed by atoms with Crippen molar-refractivity contribution in [3.63, 3.8) is 0 Å². The van der Waals surface area contributed by atoms with Crippen LogP contribution in [0.5, 0.6) is 0 Å². The average molecular weight is 490 g/mol. The Morgan fingerprint density at radius 2 is 1.94 bits per heavy atom. The van der Waals surface area contributed by atoms with E-state index in [1.54, 1.807) is 18.3 Å². The molecule has 0 spiro atoms. The summed E-state index contributed by atoms with van der Waals surface area (Å²) in [6, 6.07) is 2.59. The first-order chi connectivity index (χ1) is 16.2. The van der Waals surface area contributed by atoms with Crippen LogP contribution in [-0.4, -0.2) is 59.3 Å². The molecule has 34 heavy (non-hydrogen) atoms. The van der Waals surface area contributed by atoms with E-state index in [0.717, 1.165) is 29.3 Å². The van der Waals surface area contributed by atoms with Crippen LogP contribution in [0.1, 0.15) is 51.5 Å². The van der Waals surface area contributed by atoms with Gasteiger partial charge in [-0.15, -0.1) is 11.3 Å². The summed E-state index contributed by atoms with van der Waals surface area (Å²) in [5.74, 6) is 0.576. The quantitative estimate of drug-likeness (QED) is 0.608. The monoisotopic (exact) mass is 489 g/mol. The molecule has 1 aliphatic rings. The predicted octanol–water partition coefficient (Wildman–Crippen LogP) is 2.46. The van der Waals surface area contributed by atoms with E-state index in [4.69, 9.17) is 9.40 Å². The van der Waals surface area contributed by atoms with Gasteiger partial charge in [0.1, 0.15) is 17.8 Å². The van der Waals surface area contributed by atoms with Crippen molar-refractivity contribution in [2.45, 2.75) is 65.6 Å². The number of nitrogens with zero attached hydrogens (tertiary/aromatic N) is 2. The minimum Gasteiger partial charge on any atom is -0.440 e. The number of nitrogens with one attached hydrogen (secondary N) is 3. The van der Waals surface area contributed by atoms with Crippen LogP contribution in [0.2, 0.25) is 0 Å². The molecule has 186 valence electrons. The molecular formula is C24H35N5O4S. The van der Waals surface area contributed by atoms with Gasteiger partial charge >= 0.3 is 0 Å². The van der Waals surface area contributed by atoms with Crippen LogP contribution in [0.25, 0.3) is 10.8 Å². The van der Waals surface area contributed by atoms with Crippen LogP contribution in [0.4, 0.5) is 0 Å². The molecule has 1 fully saturated rings. The van der Waals surface area contributed by atoms with E-state index in [1.165, 1.54) is 0 Å².